The Morgan fingerprint density at radius 2 is 1.91 bits per heavy atom. The predicted octanol–water partition coefficient (Wildman–Crippen LogP) is 2.27. The van der Waals surface area contributed by atoms with E-state index < -0.39 is 0 Å². The highest BCUT2D eigenvalue weighted by Crippen LogP contribution is 2.22. The number of benzene rings is 1. The predicted molar refractivity (Wildman–Crippen MR) is 83.1 cm³/mol. The highest BCUT2D eigenvalue weighted by atomic mass is 19.1. The van der Waals surface area contributed by atoms with Gasteiger partial charge < -0.3 is 14.4 Å². The van der Waals surface area contributed by atoms with Gasteiger partial charge in [-0.1, -0.05) is 12.1 Å². The van der Waals surface area contributed by atoms with E-state index in [1.165, 1.54) is 6.07 Å². The van der Waals surface area contributed by atoms with Crippen LogP contribution in [0.1, 0.15) is 24.9 Å². The molecule has 2 aliphatic rings. The zero-order chi connectivity index (χ0) is 15.4. The van der Waals surface area contributed by atoms with E-state index in [9.17, 15) is 4.39 Å². The van der Waals surface area contributed by atoms with Crippen molar-refractivity contribution in [1.29, 1.82) is 0 Å². The van der Waals surface area contributed by atoms with Gasteiger partial charge in [0.05, 0.1) is 13.2 Å². The van der Waals surface area contributed by atoms with Crippen LogP contribution in [-0.4, -0.2) is 62.0 Å². The molecule has 5 heteroatoms. The van der Waals surface area contributed by atoms with Crippen molar-refractivity contribution in [3.05, 3.63) is 35.6 Å². The maximum Gasteiger partial charge on any atom is 0.159 e. The summed E-state index contributed by atoms with van der Waals surface area (Å²) in [7, 11) is 0. The summed E-state index contributed by atoms with van der Waals surface area (Å²) < 4.78 is 24.3. The molecule has 0 aromatic heterocycles. The minimum absolute atomic E-state index is 0.00996. The van der Waals surface area contributed by atoms with Crippen LogP contribution in [0.2, 0.25) is 0 Å². The fourth-order valence-electron chi connectivity index (χ4n) is 3.21. The highest BCUT2D eigenvalue weighted by molar-refractivity contribution is 5.19. The van der Waals surface area contributed by atoms with Gasteiger partial charge in [-0.05, 0) is 24.6 Å². The van der Waals surface area contributed by atoms with E-state index in [1.54, 1.807) is 12.1 Å². The van der Waals surface area contributed by atoms with E-state index in [2.05, 4.69) is 16.7 Å². The summed E-state index contributed by atoms with van der Waals surface area (Å²) in [6.45, 7) is 8.76. The molecule has 122 valence electrons. The molecule has 2 aliphatic heterocycles. The number of ether oxygens (including phenoxy) is 2. The lowest BCUT2D eigenvalue weighted by Crippen LogP contribution is -2.47. The molecular formula is C17H25FN2O2. The van der Waals surface area contributed by atoms with Gasteiger partial charge in [-0.2, -0.15) is 0 Å². The summed E-state index contributed by atoms with van der Waals surface area (Å²) in [5, 5.41) is 0. The number of hydrogen-bond acceptors (Lipinski definition) is 4. The summed E-state index contributed by atoms with van der Waals surface area (Å²) in [6.07, 6.45) is 0.934. The third-order valence-corrected chi connectivity index (χ3v) is 4.66. The number of hydrogen-bond donors (Lipinski definition) is 0. The van der Waals surface area contributed by atoms with Crippen LogP contribution in [0.4, 0.5) is 4.39 Å². The molecule has 1 atom stereocenters. The monoisotopic (exact) mass is 308 g/mol. The van der Waals surface area contributed by atoms with Crippen molar-refractivity contribution in [3.8, 4) is 0 Å². The van der Waals surface area contributed by atoms with Crippen molar-refractivity contribution < 1.29 is 13.9 Å². The molecule has 2 fully saturated rings. The van der Waals surface area contributed by atoms with Crippen molar-refractivity contribution in [2.24, 2.45) is 0 Å². The maximum atomic E-state index is 13.4. The van der Waals surface area contributed by atoms with Crippen LogP contribution in [0.3, 0.4) is 0 Å². The Hall–Kier alpha value is -1.01. The van der Waals surface area contributed by atoms with Gasteiger partial charge in [-0.15, -0.1) is 0 Å². The number of halogens is 1. The molecule has 1 aromatic rings. The SMILES string of the molecule is C[C@@H](c1cccc(F)c1)N1CCN(CCC2OCCO2)CC1. The van der Waals surface area contributed by atoms with Gasteiger partial charge in [0, 0.05) is 45.2 Å². The second kappa shape index (κ2) is 7.51. The molecule has 0 bridgehead atoms. The molecule has 2 saturated heterocycles. The Balaban J connectivity index is 1.44. The van der Waals surface area contributed by atoms with Crippen molar-refractivity contribution in [2.45, 2.75) is 25.7 Å². The third-order valence-electron chi connectivity index (χ3n) is 4.66. The minimum Gasteiger partial charge on any atom is -0.350 e. The average molecular weight is 308 g/mol. The molecule has 0 aliphatic carbocycles. The molecule has 3 rings (SSSR count). The second-order valence-corrected chi connectivity index (χ2v) is 6.07. The van der Waals surface area contributed by atoms with E-state index in [4.69, 9.17) is 9.47 Å². The zero-order valence-corrected chi connectivity index (χ0v) is 13.2. The number of rotatable bonds is 5. The Morgan fingerprint density at radius 1 is 1.18 bits per heavy atom. The minimum atomic E-state index is -0.153. The standard InChI is InChI=1S/C17H25FN2O2/c1-14(15-3-2-4-16(18)13-15)20-9-7-19(8-10-20)6-5-17-21-11-12-22-17/h2-4,13-14,17H,5-12H2,1H3/t14-/m0/s1. The second-order valence-electron chi connectivity index (χ2n) is 6.07. The highest BCUT2D eigenvalue weighted by Gasteiger charge is 2.23. The van der Waals surface area contributed by atoms with Gasteiger partial charge in [0.2, 0.25) is 0 Å². The molecule has 0 unspecified atom stereocenters. The Kier molecular flexibility index (Phi) is 5.41. The quantitative estimate of drug-likeness (QED) is 0.833. The lowest BCUT2D eigenvalue weighted by Gasteiger charge is -2.38. The summed E-state index contributed by atoms with van der Waals surface area (Å²) in [5.74, 6) is -0.153. The molecule has 0 spiro atoms. The fraction of sp³-hybridized carbons (Fsp3) is 0.647. The molecule has 2 heterocycles. The van der Waals surface area contributed by atoms with Crippen molar-refractivity contribution >= 4 is 0 Å². The van der Waals surface area contributed by atoms with E-state index in [0.29, 0.717) is 0 Å². The van der Waals surface area contributed by atoms with Crippen molar-refractivity contribution in [2.75, 3.05) is 45.9 Å². The van der Waals surface area contributed by atoms with Crippen molar-refractivity contribution in [3.63, 3.8) is 0 Å². The molecular weight excluding hydrogens is 283 g/mol. The summed E-state index contributed by atoms with van der Waals surface area (Å²) >= 11 is 0. The normalized spacial score (nSPS) is 23.0. The van der Waals surface area contributed by atoms with Gasteiger partial charge >= 0.3 is 0 Å². The van der Waals surface area contributed by atoms with Gasteiger partial charge in [0.25, 0.3) is 0 Å². The molecule has 0 amide bonds. The smallest absolute Gasteiger partial charge is 0.159 e. The molecule has 0 radical (unpaired) electrons. The number of nitrogens with zero attached hydrogens (tertiary/aromatic N) is 2. The van der Waals surface area contributed by atoms with Gasteiger partial charge in [0.1, 0.15) is 5.82 Å². The summed E-state index contributed by atoms with van der Waals surface area (Å²) in [5.41, 5.74) is 1.06. The Morgan fingerprint density at radius 3 is 2.59 bits per heavy atom. The molecule has 1 aromatic carbocycles. The summed E-state index contributed by atoms with van der Waals surface area (Å²) in [4.78, 5) is 4.88. The first-order chi connectivity index (χ1) is 10.7. The third kappa shape index (κ3) is 4.04. The van der Waals surface area contributed by atoms with Crippen LogP contribution in [0.5, 0.6) is 0 Å². The van der Waals surface area contributed by atoms with Crippen LogP contribution in [0.15, 0.2) is 24.3 Å². The fourth-order valence-corrected chi connectivity index (χ4v) is 3.21. The average Bonchev–Trinajstić information content (AvgIpc) is 3.06. The van der Waals surface area contributed by atoms with E-state index in [0.717, 1.165) is 57.9 Å². The van der Waals surface area contributed by atoms with Gasteiger partial charge in [-0.25, -0.2) is 4.39 Å². The molecule has 0 N–H and O–H groups in total. The largest absolute Gasteiger partial charge is 0.350 e. The first kappa shape index (κ1) is 15.9. The summed E-state index contributed by atoms with van der Waals surface area (Å²) in [6, 6.07) is 7.21. The topological polar surface area (TPSA) is 24.9 Å². The van der Waals surface area contributed by atoms with Crippen molar-refractivity contribution in [1.82, 2.24) is 9.80 Å². The van der Waals surface area contributed by atoms with Crippen LogP contribution in [-0.2, 0) is 9.47 Å². The molecule has 22 heavy (non-hydrogen) atoms. The van der Waals surface area contributed by atoms with Crippen LogP contribution in [0, 0.1) is 5.82 Å². The van der Waals surface area contributed by atoms with Crippen LogP contribution >= 0.6 is 0 Å². The lowest BCUT2D eigenvalue weighted by atomic mass is 10.1. The number of piperazine rings is 1. The first-order valence-electron chi connectivity index (χ1n) is 8.17. The van der Waals surface area contributed by atoms with Gasteiger partial charge in [-0.3, -0.25) is 4.90 Å². The van der Waals surface area contributed by atoms with Crippen LogP contribution in [0.25, 0.3) is 0 Å². The zero-order valence-electron chi connectivity index (χ0n) is 13.2. The van der Waals surface area contributed by atoms with Gasteiger partial charge in [0.15, 0.2) is 6.29 Å². The van der Waals surface area contributed by atoms with E-state index in [-0.39, 0.29) is 18.1 Å². The maximum absolute atomic E-state index is 13.4. The lowest BCUT2D eigenvalue weighted by molar-refractivity contribution is -0.0537. The van der Waals surface area contributed by atoms with E-state index in [1.807, 2.05) is 6.07 Å². The molecule has 0 saturated carbocycles. The first-order valence-corrected chi connectivity index (χ1v) is 8.17. The Labute approximate surface area is 131 Å². The molecule has 4 nitrogen and oxygen atoms in total. The van der Waals surface area contributed by atoms with E-state index >= 15 is 0 Å². The Bertz CT molecular complexity index is 471. The van der Waals surface area contributed by atoms with Crippen LogP contribution < -0.4 is 0 Å².